The molecule has 3 heterocycles. The van der Waals surface area contributed by atoms with Crippen molar-refractivity contribution in [2.75, 3.05) is 0 Å². The lowest BCUT2D eigenvalue weighted by molar-refractivity contribution is 0.103. The van der Waals surface area contributed by atoms with Crippen LogP contribution in [0.4, 0.5) is 0 Å². The Kier molecular flexibility index (Phi) is 2.86. The number of fused-ring (bicyclic) bond motifs is 1. The smallest absolute Gasteiger partial charge is 0.212 e. The van der Waals surface area contributed by atoms with Gasteiger partial charge in [-0.1, -0.05) is 36.4 Å². The molecular weight excluding hydrogens is 276 g/mol. The number of carbonyl (C=O) groups excluding carboxylic acids is 1. The van der Waals surface area contributed by atoms with E-state index in [1.54, 1.807) is 28.9 Å². The molecule has 0 aliphatic carbocycles. The van der Waals surface area contributed by atoms with Gasteiger partial charge in [-0.25, -0.2) is 4.98 Å². The minimum Gasteiger partial charge on any atom is -0.463 e. The highest BCUT2D eigenvalue weighted by molar-refractivity contribution is 6.11. The molecule has 0 amide bonds. The molecule has 106 valence electrons. The Bertz CT molecular complexity index is 938. The maximum absolute atomic E-state index is 12.9. The van der Waals surface area contributed by atoms with Gasteiger partial charge in [-0.3, -0.25) is 9.20 Å². The molecule has 1 aromatic carbocycles. The van der Waals surface area contributed by atoms with Crippen LogP contribution < -0.4 is 0 Å². The fourth-order valence-corrected chi connectivity index (χ4v) is 2.52. The molecule has 4 nitrogen and oxygen atoms in total. The van der Waals surface area contributed by atoms with Crippen LogP contribution in [-0.4, -0.2) is 15.2 Å². The Hall–Kier alpha value is -3.14. The van der Waals surface area contributed by atoms with Crippen LogP contribution in [0.25, 0.3) is 17.1 Å². The van der Waals surface area contributed by atoms with Crippen molar-refractivity contribution < 1.29 is 9.21 Å². The number of hydrogen-bond acceptors (Lipinski definition) is 3. The second kappa shape index (κ2) is 5.00. The highest BCUT2D eigenvalue weighted by Gasteiger charge is 2.22. The Balaban J connectivity index is 1.99. The number of pyridine rings is 1. The average molecular weight is 288 g/mol. The molecule has 0 aliphatic rings. The SMILES string of the molecule is O=C(c1ccccc1)c1c(-c2ccco2)nc2ccccn12. The highest BCUT2D eigenvalue weighted by atomic mass is 16.3. The quantitative estimate of drug-likeness (QED) is 0.538. The molecule has 3 aromatic heterocycles. The average Bonchev–Trinajstić information content (AvgIpc) is 3.22. The van der Waals surface area contributed by atoms with E-state index in [1.165, 1.54) is 0 Å². The molecule has 0 atom stereocenters. The number of furan rings is 1. The summed E-state index contributed by atoms with van der Waals surface area (Å²) in [6.45, 7) is 0. The molecule has 22 heavy (non-hydrogen) atoms. The van der Waals surface area contributed by atoms with E-state index in [1.807, 2.05) is 48.7 Å². The Morgan fingerprint density at radius 1 is 0.955 bits per heavy atom. The fourth-order valence-electron chi connectivity index (χ4n) is 2.52. The minimum atomic E-state index is -0.0781. The maximum atomic E-state index is 12.9. The van der Waals surface area contributed by atoms with E-state index in [-0.39, 0.29) is 5.78 Å². The van der Waals surface area contributed by atoms with Crippen LogP contribution in [-0.2, 0) is 0 Å². The van der Waals surface area contributed by atoms with Crippen LogP contribution in [0.2, 0.25) is 0 Å². The highest BCUT2D eigenvalue weighted by Crippen LogP contribution is 2.26. The Morgan fingerprint density at radius 2 is 1.77 bits per heavy atom. The van der Waals surface area contributed by atoms with Gasteiger partial charge in [0.1, 0.15) is 17.0 Å². The van der Waals surface area contributed by atoms with Gasteiger partial charge in [0, 0.05) is 11.8 Å². The molecule has 0 unspecified atom stereocenters. The number of imidazole rings is 1. The van der Waals surface area contributed by atoms with Gasteiger partial charge < -0.3 is 4.42 Å². The zero-order valence-corrected chi connectivity index (χ0v) is 11.6. The zero-order valence-electron chi connectivity index (χ0n) is 11.6. The number of carbonyl (C=O) groups is 1. The third-order valence-corrected chi connectivity index (χ3v) is 3.54. The van der Waals surface area contributed by atoms with Gasteiger partial charge in [0.15, 0.2) is 5.76 Å². The molecule has 0 radical (unpaired) electrons. The number of benzene rings is 1. The standard InChI is InChI=1S/C18H12N2O2/c21-18(13-7-2-1-3-8-13)17-16(14-9-6-12-22-14)19-15-10-4-5-11-20(15)17/h1-12H. The summed E-state index contributed by atoms with van der Waals surface area (Å²) in [5, 5.41) is 0. The number of ketones is 1. The third kappa shape index (κ3) is 1.93. The molecule has 0 fully saturated rings. The second-order valence-electron chi connectivity index (χ2n) is 4.91. The normalized spacial score (nSPS) is 10.9. The number of aromatic nitrogens is 2. The molecule has 0 N–H and O–H groups in total. The van der Waals surface area contributed by atoms with E-state index in [4.69, 9.17) is 4.42 Å². The van der Waals surface area contributed by atoms with Crippen LogP contribution in [0.15, 0.2) is 77.5 Å². The lowest BCUT2D eigenvalue weighted by Gasteiger charge is -2.03. The van der Waals surface area contributed by atoms with Crippen molar-refractivity contribution in [3.05, 3.63) is 84.4 Å². The molecule has 4 rings (SSSR count). The van der Waals surface area contributed by atoms with Crippen molar-refractivity contribution in [1.29, 1.82) is 0 Å². The van der Waals surface area contributed by atoms with E-state index in [2.05, 4.69) is 4.98 Å². The Labute approximate surface area is 126 Å². The molecule has 0 saturated carbocycles. The summed E-state index contributed by atoms with van der Waals surface area (Å²) in [6.07, 6.45) is 3.42. The van der Waals surface area contributed by atoms with Gasteiger partial charge in [0.2, 0.25) is 5.78 Å². The summed E-state index contributed by atoms with van der Waals surface area (Å²) < 4.78 is 7.25. The first-order valence-corrected chi connectivity index (χ1v) is 6.95. The summed E-state index contributed by atoms with van der Waals surface area (Å²) in [7, 11) is 0. The van der Waals surface area contributed by atoms with Gasteiger partial charge in [-0.2, -0.15) is 0 Å². The monoisotopic (exact) mass is 288 g/mol. The molecule has 0 saturated heterocycles. The van der Waals surface area contributed by atoms with Crippen molar-refractivity contribution in [2.45, 2.75) is 0 Å². The van der Waals surface area contributed by atoms with Crippen molar-refractivity contribution in [3.8, 4) is 11.5 Å². The molecule has 0 aliphatic heterocycles. The summed E-state index contributed by atoms with van der Waals surface area (Å²) in [5.41, 5.74) is 2.41. The molecular formula is C18H12N2O2. The van der Waals surface area contributed by atoms with Crippen LogP contribution in [0.1, 0.15) is 16.1 Å². The maximum Gasteiger partial charge on any atom is 0.212 e. The summed E-state index contributed by atoms with van der Waals surface area (Å²) in [5.74, 6) is 0.508. The Morgan fingerprint density at radius 3 is 2.55 bits per heavy atom. The van der Waals surface area contributed by atoms with Crippen LogP contribution in [0.3, 0.4) is 0 Å². The lowest BCUT2D eigenvalue weighted by atomic mass is 10.1. The fraction of sp³-hybridized carbons (Fsp3) is 0. The van der Waals surface area contributed by atoms with Gasteiger partial charge >= 0.3 is 0 Å². The van der Waals surface area contributed by atoms with Crippen molar-refractivity contribution >= 4 is 11.4 Å². The predicted octanol–water partition coefficient (Wildman–Crippen LogP) is 3.83. The molecule has 0 bridgehead atoms. The zero-order chi connectivity index (χ0) is 14.9. The number of rotatable bonds is 3. The minimum absolute atomic E-state index is 0.0781. The van der Waals surface area contributed by atoms with E-state index in [9.17, 15) is 4.79 Å². The van der Waals surface area contributed by atoms with Crippen molar-refractivity contribution in [1.82, 2.24) is 9.38 Å². The molecule has 4 heteroatoms. The number of nitrogens with zero attached hydrogens (tertiary/aromatic N) is 2. The molecule has 0 spiro atoms. The molecule has 4 aromatic rings. The summed E-state index contributed by atoms with van der Waals surface area (Å²) >= 11 is 0. The van der Waals surface area contributed by atoms with E-state index in [0.717, 1.165) is 0 Å². The lowest BCUT2D eigenvalue weighted by Crippen LogP contribution is -2.06. The van der Waals surface area contributed by atoms with Crippen molar-refractivity contribution in [3.63, 3.8) is 0 Å². The van der Waals surface area contributed by atoms with Gasteiger partial charge in [-0.15, -0.1) is 0 Å². The largest absolute Gasteiger partial charge is 0.463 e. The van der Waals surface area contributed by atoms with Gasteiger partial charge in [0.05, 0.1) is 6.26 Å². The predicted molar refractivity (Wildman–Crippen MR) is 82.8 cm³/mol. The van der Waals surface area contributed by atoms with Gasteiger partial charge in [0.25, 0.3) is 0 Å². The first-order chi connectivity index (χ1) is 10.8. The summed E-state index contributed by atoms with van der Waals surface area (Å²) in [4.78, 5) is 17.5. The van der Waals surface area contributed by atoms with Crippen LogP contribution >= 0.6 is 0 Å². The second-order valence-corrected chi connectivity index (χ2v) is 4.91. The van der Waals surface area contributed by atoms with Crippen molar-refractivity contribution in [2.24, 2.45) is 0 Å². The van der Waals surface area contributed by atoms with Crippen LogP contribution in [0, 0.1) is 0 Å². The van der Waals surface area contributed by atoms with E-state index < -0.39 is 0 Å². The number of hydrogen-bond donors (Lipinski definition) is 0. The first kappa shape index (κ1) is 12.6. The van der Waals surface area contributed by atoms with Gasteiger partial charge in [-0.05, 0) is 24.3 Å². The topological polar surface area (TPSA) is 47.5 Å². The third-order valence-electron chi connectivity index (χ3n) is 3.54. The van der Waals surface area contributed by atoms with E-state index >= 15 is 0 Å². The van der Waals surface area contributed by atoms with E-state index in [0.29, 0.717) is 28.4 Å². The first-order valence-electron chi connectivity index (χ1n) is 6.95. The summed E-state index contributed by atoms with van der Waals surface area (Å²) in [6, 6.07) is 18.4. The van der Waals surface area contributed by atoms with Crippen LogP contribution in [0.5, 0.6) is 0 Å².